The van der Waals surface area contributed by atoms with Gasteiger partial charge in [0, 0.05) is 35.7 Å². The van der Waals surface area contributed by atoms with Crippen molar-refractivity contribution in [3.05, 3.63) is 76.6 Å². The van der Waals surface area contributed by atoms with Gasteiger partial charge in [0.2, 0.25) is 6.10 Å². The zero-order valence-corrected chi connectivity index (χ0v) is 26.0. The number of nitrogens with zero attached hydrogens (tertiary/aromatic N) is 1. The average molecular weight is 621 g/mol. The number of likely N-dealkylation sites (tertiary alicyclic amines) is 1. The zero-order valence-electron chi connectivity index (χ0n) is 26.0. The van der Waals surface area contributed by atoms with Gasteiger partial charge in [-0.25, -0.2) is 9.59 Å². The van der Waals surface area contributed by atoms with Crippen LogP contribution in [0.1, 0.15) is 68.4 Å². The Morgan fingerprint density at radius 1 is 1.16 bits per heavy atom. The van der Waals surface area contributed by atoms with Gasteiger partial charge in [-0.1, -0.05) is 42.5 Å². The van der Waals surface area contributed by atoms with Crippen LogP contribution < -0.4 is 10.1 Å². The maximum Gasteiger partial charge on any atom is 0.407 e. The van der Waals surface area contributed by atoms with E-state index in [1.165, 1.54) is 0 Å². The van der Waals surface area contributed by atoms with Crippen molar-refractivity contribution >= 4 is 18.0 Å². The monoisotopic (exact) mass is 620 g/mol. The number of piperidine rings is 1. The van der Waals surface area contributed by atoms with Gasteiger partial charge in [0.25, 0.3) is 0 Å². The molecule has 1 fully saturated rings. The topological polar surface area (TPSA) is 144 Å². The van der Waals surface area contributed by atoms with Gasteiger partial charge in [-0.2, -0.15) is 0 Å². The fraction of sp³-hybridized carbons (Fsp3) is 0.500. The Morgan fingerprint density at radius 2 is 1.91 bits per heavy atom. The molecule has 2 aromatic carbocycles. The Balaban J connectivity index is 1.25. The summed E-state index contributed by atoms with van der Waals surface area (Å²) in [6.07, 6.45) is 0.0740. The molecule has 5 atom stereocenters. The summed E-state index contributed by atoms with van der Waals surface area (Å²) in [4.78, 5) is 40.9. The van der Waals surface area contributed by atoms with Gasteiger partial charge < -0.3 is 39.4 Å². The number of hydrogen-bond acceptors (Lipinski definition) is 10. The van der Waals surface area contributed by atoms with E-state index < -0.39 is 46.9 Å². The number of rotatable bonds is 8. The quantitative estimate of drug-likeness (QED) is 0.297. The summed E-state index contributed by atoms with van der Waals surface area (Å²) in [5.74, 6) is -0.752. The molecule has 240 valence electrons. The highest BCUT2D eigenvalue weighted by Gasteiger charge is 2.72. The molecule has 1 amide bonds. The van der Waals surface area contributed by atoms with E-state index in [-0.39, 0.29) is 37.8 Å². The van der Waals surface area contributed by atoms with Crippen LogP contribution in [0.2, 0.25) is 0 Å². The highest BCUT2D eigenvalue weighted by Crippen LogP contribution is 2.64. The molecule has 0 unspecified atom stereocenters. The molecule has 2 aliphatic heterocycles. The molecule has 1 spiro atoms. The standard InChI is InChI=1S/C34H40N2O9/c1-32(2,3)45-31(40)35-16-13-25(38)43-28(20-8-6-5-7-9-20)30(39)42-23-12-14-34(41)24-18-21-10-11-22(19-37)27-26(21)33(34,29(23)44-27)15-17-36(24)4/h5-12,24,28-29,37,41H,13-19H2,1-4H3,(H,35,40)/t24-,28+,29+,33+,34-/m1/s1. The SMILES string of the molecule is CN1CC[C@]23c4c5ccc(CO)c4O[C@H]2C(OC(=O)[C@@H](OC(=O)CCNC(=O)OC(C)(C)C)c2ccccc2)=CC[C@@]3(O)[C@H]1C5. The third kappa shape index (κ3) is 5.26. The number of benzene rings is 2. The number of alkyl carbamates (subject to hydrolysis) is 1. The minimum Gasteiger partial charge on any atom is -0.481 e. The molecule has 2 aliphatic carbocycles. The summed E-state index contributed by atoms with van der Waals surface area (Å²) in [5, 5.41) is 25.1. The number of likely N-dealkylation sites (N-methyl/N-ethyl adjacent to an activating group) is 1. The first-order valence-electron chi connectivity index (χ1n) is 15.4. The van der Waals surface area contributed by atoms with Crippen molar-refractivity contribution in [2.24, 2.45) is 0 Å². The van der Waals surface area contributed by atoms with E-state index in [0.717, 1.165) is 11.1 Å². The van der Waals surface area contributed by atoms with E-state index in [1.807, 2.05) is 19.2 Å². The summed E-state index contributed by atoms with van der Waals surface area (Å²) >= 11 is 0. The lowest BCUT2D eigenvalue weighted by atomic mass is 9.50. The summed E-state index contributed by atoms with van der Waals surface area (Å²) in [6.45, 7) is 5.63. The van der Waals surface area contributed by atoms with Crippen molar-refractivity contribution in [2.75, 3.05) is 20.1 Å². The third-order valence-electron chi connectivity index (χ3n) is 9.41. The number of aliphatic hydroxyl groups excluding tert-OH is 1. The first-order valence-corrected chi connectivity index (χ1v) is 15.4. The van der Waals surface area contributed by atoms with E-state index in [1.54, 1.807) is 57.2 Å². The molecule has 1 saturated heterocycles. The average Bonchev–Trinajstić information content (AvgIpc) is 3.34. The number of ether oxygens (including phenoxy) is 4. The van der Waals surface area contributed by atoms with Crippen molar-refractivity contribution in [3.63, 3.8) is 0 Å². The van der Waals surface area contributed by atoms with Gasteiger partial charge in [0.15, 0.2) is 6.10 Å². The van der Waals surface area contributed by atoms with Gasteiger partial charge in [0.05, 0.1) is 24.0 Å². The number of carbonyl (C=O) groups excluding carboxylic acids is 3. The molecule has 11 nitrogen and oxygen atoms in total. The number of nitrogens with one attached hydrogen (secondary N) is 1. The van der Waals surface area contributed by atoms with Gasteiger partial charge in [0.1, 0.15) is 17.1 Å². The number of amides is 1. The van der Waals surface area contributed by atoms with Crippen LogP contribution in [0.5, 0.6) is 5.75 Å². The second-order valence-electron chi connectivity index (χ2n) is 13.3. The third-order valence-corrected chi connectivity index (χ3v) is 9.41. The Hall–Kier alpha value is -3.93. The molecule has 2 aromatic rings. The van der Waals surface area contributed by atoms with Crippen LogP contribution >= 0.6 is 0 Å². The van der Waals surface area contributed by atoms with Crippen molar-refractivity contribution in [2.45, 2.75) is 87.9 Å². The zero-order chi connectivity index (χ0) is 32.1. The van der Waals surface area contributed by atoms with Crippen LogP contribution in [0.25, 0.3) is 0 Å². The number of carbonyl (C=O) groups is 3. The maximum absolute atomic E-state index is 13.8. The first kappa shape index (κ1) is 31.1. The van der Waals surface area contributed by atoms with Crippen LogP contribution in [0.4, 0.5) is 4.79 Å². The normalized spacial score (nSPS) is 26.9. The molecule has 3 N–H and O–H groups in total. The molecule has 0 aromatic heterocycles. The molecular weight excluding hydrogens is 580 g/mol. The maximum atomic E-state index is 13.8. The Bertz CT molecular complexity index is 1530. The smallest absolute Gasteiger partial charge is 0.407 e. The Kier molecular flexibility index (Phi) is 7.91. The van der Waals surface area contributed by atoms with Gasteiger partial charge >= 0.3 is 18.0 Å². The van der Waals surface area contributed by atoms with Gasteiger partial charge in [-0.05, 0) is 58.8 Å². The fourth-order valence-electron chi connectivity index (χ4n) is 7.45. The lowest BCUT2D eigenvalue weighted by Gasteiger charge is -2.61. The minimum absolute atomic E-state index is 0.0458. The van der Waals surface area contributed by atoms with Crippen LogP contribution in [0.15, 0.2) is 54.3 Å². The van der Waals surface area contributed by atoms with E-state index in [0.29, 0.717) is 36.3 Å². The molecule has 2 heterocycles. The van der Waals surface area contributed by atoms with E-state index in [2.05, 4.69) is 10.2 Å². The molecule has 0 radical (unpaired) electrons. The Morgan fingerprint density at radius 3 is 2.62 bits per heavy atom. The van der Waals surface area contributed by atoms with Gasteiger partial charge in [-0.3, -0.25) is 4.79 Å². The second-order valence-corrected chi connectivity index (χ2v) is 13.3. The largest absolute Gasteiger partial charge is 0.481 e. The summed E-state index contributed by atoms with van der Waals surface area (Å²) in [5.41, 5.74) is 0.214. The second kappa shape index (κ2) is 11.5. The minimum atomic E-state index is -1.39. The number of esters is 2. The van der Waals surface area contributed by atoms with Crippen molar-refractivity contribution < 1.29 is 43.5 Å². The van der Waals surface area contributed by atoms with Gasteiger partial charge in [-0.15, -0.1) is 0 Å². The first-order chi connectivity index (χ1) is 21.4. The lowest BCUT2D eigenvalue weighted by molar-refractivity contribution is -0.176. The highest BCUT2D eigenvalue weighted by molar-refractivity contribution is 5.82. The predicted octanol–water partition coefficient (Wildman–Crippen LogP) is 3.20. The summed E-state index contributed by atoms with van der Waals surface area (Å²) in [7, 11) is 2.01. The highest BCUT2D eigenvalue weighted by atomic mass is 16.6. The summed E-state index contributed by atoms with van der Waals surface area (Å²) in [6, 6.07) is 12.2. The van der Waals surface area contributed by atoms with Crippen LogP contribution in [-0.2, 0) is 42.2 Å². The van der Waals surface area contributed by atoms with E-state index in [4.69, 9.17) is 18.9 Å². The fourth-order valence-corrected chi connectivity index (χ4v) is 7.45. The molecule has 2 bridgehead atoms. The number of aliphatic hydroxyl groups is 2. The van der Waals surface area contributed by atoms with E-state index in [9.17, 15) is 24.6 Å². The molecule has 4 aliphatic rings. The van der Waals surface area contributed by atoms with Crippen molar-refractivity contribution in [3.8, 4) is 5.75 Å². The van der Waals surface area contributed by atoms with E-state index >= 15 is 0 Å². The predicted molar refractivity (Wildman–Crippen MR) is 161 cm³/mol. The van der Waals surface area contributed by atoms with Crippen molar-refractivity contribution in [1.29, 1.82) is 0 Å². The number of hydrogen-bond donors (Lipinski definition) is 3. The molecular formula is C34H40N2O9. The van der Waals surface area contributed by atoms with Crippen molar-refractivity contribution in [1.82, 2.24) is 10.2 Å². The lowest BCUT2D eigenvalue weighted by Crippen LogP contribution is -2.74. The molecule has 45 heavy (non-hydrogen) atoms. The van der Waals surface area contributed by atoms with Crippen LogP contribution in [0.3, 0.4) is 0 Å². The van der Waals surface area contributed by atoms with Crippen LogP contribution in [-0.4, -0.2) is 76.6 Å². The molecule has 0 saturated carbocycles. The van der Waals surface area contributed by atoms with Crippen LogP contribution in [0, 0.1) is 0 Å². The Labute approximate surface area is 262 Å². The molecule has 11 heteroatoms. The molecule has 6 rings (SSSR count). The summed E-state index contributed by atoms with van der Waals surface area (Å²) < 4.78 is 23.4.